The minimum atomic E-state index is 0.327. The number of halogens is 3. The third kappa shape index (κ3) is 3.87. The van der Waals surface area contributed by atoms with Gasteiger partial charge in [-0.2, -0.15) is 10.1 Å². The highest BCUT2D eigenvalue weighted by atomic mass is 35.5. The summed E-state index contributed by atoms with van der Waals surface area (Å²) in [6.45, 7) is 1.96. The van der Waals surface area contributed by atoms with E-state index in [4.69, 9.17) is 34.8 Å². The average Bonchev–Trinajstić information content (AvgIpc) is 2.55. The van der Waals surface area contributed by atoms with Gasteiger partial charge in [-0.25, -0.2) is 0 Å². The van der Waals surface area contributed by atoms with Gasteiger partial charge >= 0.3 is 0 Å². The average molecular weight is 381 g/mol. The third-order valence-electron chi connectivity index (χ3n) is 3.22. The Morgan fingerprint density at radius 3 is 2.46 bits per heavy atom. The van der Waals surface area contributed by atoms with Crippen LogP contribution in [0.25, 0.3) is 0 Å². The number of para-hydroxylation sites is 1. The van der Waals surface area contributed by atoms with Crippen molar-refractivity contribution >= 4 is 57.9 Å². The summed E-state index contributed by atoms with van der Waals surface area (Å²) >= 11 is 18.3. The van der Waals surface area contributed by atoms with Crippen molar-refractivity contribution in [3.8, 4) is 0 Å². The molecular weight excluding hydrogens is 369 g/mol. The number of aryl methyl sites for hydroxylation is 1. The van der Waals surface area contributed by atoms with Gasteiger partial charge in [-0.05, 0) is 36.8 Å². The normalized spacial score (nSPS) is 10.5. The first-order valence-electron chi connectivity index (χ1n) is 6.97. The zero-order chi connectivity index (χ0) is 17.1. The molecule has 24 heavy (non-hydrogen) atoms. The molecule has 0 aliphatic carbocycles. The van der Waals surface area contributed by atoms with Gasteiger partial charge in [-0.15, -0.1) is 5.10 Å². The van der Waals surface area contributed by atoms with Crippen LogP contribution >= 0.6 is 34.8 Å². The fraction of sp³-hybridized carbons (Fsp3) is 0.0625. The van der Waals surface area contributed by atoms with Crippen LogP contribution < -0.4 is 10.6 Å². The van der Waals surface area contributed by atoms with E-state index < -0.39 is 0 Å². The van der Waals surface area contributed by atoms with Gasteiger partial charge in [0.15, 0.2) is 5.82 Å². The lowest BCUT2D eigenvalue weighted by Gasteiger charge is -2.11. The number of hydrogen-bond acceptors (Lipinski definition) is 5. The number of nitrogens with one attached hydrogen (secondary N) is 2. The van der Waals surface area contributed by atoms with Crippen LogP contribution in [0.4, 0.5) is 23.1 Å². The van der Waals surface area contributed by atoms with Crippen molar-refractivity contribution in [1.82, 2.24) is 15.2 Å². The molecule has 122 valence electrons. The molecule has 5 nitrogen and oxygen atoms in total. The van der Waals surface area contributed by atoms with Crippen molar-refractivity contribution in [2.45, 2.75) is 6.92 Å². The number of nitrogens with zero attached hydrogens (tertiary/aromatic N) is 3. The van der Waals surface area contributed by atoms with Gasteiger partial charge in [0.2, 0.25) is 5.95 Å². The Bertz CT molecular complexity index is 865. The molecule has 2 aromatic carbocycles. The molecule has 3 rings (SSSR count). The van der Waals surface area contributed by atoms with Crippen molar-refractivity contribution in [2.24, 2.45) is 0 Å². The summed E-state index contributed by atoms with van der Waals surface area (Å²) in [5, 5.41) is 15.6. The van der Waals surface area contributed by atoms with Crippen molar-refractivity contribution in [3.05, 3.63) is 63.2 Å². The second kappa shape index (κ2) is 7.21. The van der Waals surface area contributed by atoms with E-state index in [0.29, 0.717) is 32.5 Å². The highest BCUT2D eigenvalue weighted by Crippen LogP contribution is 2.32. The Morgan fingerprint density at radius 1 is 0.958 bits per heavy atom. The number of benzene rings is 2. The van der Waals surface area contributed by atoms with Crippen LogP contribution in [-0.4, -0.2) is 15.2 Å². The Hall–Kier alpha value is -2.08. The molecule has 0 amide bonds. The smallest absolute Gasteiger partial charge is 0.249 e. The van der Waals surface area contributed by atoms with Gasteiger partial charge in [0.25, 0.3) is 0 Å². The monoisotopic (exact) mass is 379 g/mol. The third-order valence-corrected chi connectivity index (χ3v) is 4.09. The maximum absolute atomic E-state index is 6.15. The fourth-order valence-corrected chi connectivity index (χ4v) is 2.68. The molecule has 8 heteroatoms. The topological polar surface area (TPSA) is 62.7 Å². The number of anilines is 4. The number of hydrogen-bond donors (Lipinski definition) is 2. The maximum atomic E-state index is 6.15. The molecular formula is C16H12Cl3N5. The SMILES string of the molecule is Cc1ccc(Cl)cc1Nc1nncc(Nc2c(Cl)cccc2Cl)n1. The van der Waals surface area contributed by atoms with Crippen LogP contribution in [0.5, 0.6) is 0 Å². The van der Waals surface area contributed by atoms with Gasteiger partial charge in [0.1, 0.15) is 0 Å². The van der Waals surface area contributed by atoms with E-state index in [2.05, 4.69) is 25.8 Å². The minimum absolute atomic E-state index is 0.327. The van der Waals surface area contributed by atoms with E-state index in [-0.39, 0.29) is 0 Å². The second-order valence-electron chi connectivity index (χ2n) is 4.97. The van der Waals surface area contributed by atoms with E-state index in [9.17, 15) is 0 Å². The van der Waals surface area contributed by atoms with Crippen molar-refractivity contribution < 1.29 is 0 Å². The first-order valence-corrected chi connectivity index (χ1v) is 8.10. The maximum Gasteiger partial charge on any atom is 0.249 e. The summed E-state index contributed by atoms with van der Waals surface area (Å²) in [7, 11) is 0. The Kier molecular flexibility index (Phi) is 5.04. The predicted octanol–water partition coefficient (Wildman–Crippen LogP) is 5.63. The van der Waals surface area contributed by atoms with Gasteiger partial charge in [0, 0.05) is 10.7 Å². The Labute approximate surface area is 154 Å². The Morgan fingerprint density at radius 2 is 1.71 bits per heavy atom. The van der Waals surface area contributed by atoms with E-state index in [1.54, 1.807) is 24.3 Å². The van der Waals surface area contributed by atoms with E-state index >= 15 is 0 Å². The summed E-state index contributed by atoms with van der Waals surface area (Å²) in [5.41, 5.74) is 2.37. The summed E-state index contributed by atoms with van der Waals surface area (Å²) < 4.78 is 0. The van der Waals surface area contributed by atoms with Gasteiger partial charge < -0.3 is 10.6 Å². The van der Waals surface area contributed by atoms with E-state index in [1.165, 1.54) is 6.20 Å². The van der Waals surface area contributed by atoms with Crippen molar-refractivity contribution in [1.29, 1.82) is 0 Å². The lowest BCUT2D eigenvalue weighted by atomic mass is 10.2. The molecule has 0 aliphatic heterocycles. The van der Waals surface area contributed by atoms with E-state index in [0.717, 1.165) is 11.3 Å². The molecule has 0 unspecified atom stereocenters. The van der Waals surface area contributed by atoms with Crippen LogP contribution in [-0.2, 0) is 0 Å². The van der Waals surface area contributed by atoms with Gasteiger partial charge in [0.05, 0.1) is 21.9 Å². The summed E-state index contributed by atoms with van der Waals surface area (Å²) in [6, 6.07) is 10.8. The lowest BCUT2D eigenvalue weighted by molar-refractivity contribution is 0.982. The molecule has 0 saturated carbocycles. The summed E-state index contributed by atoms with van der Waals surface area (Å²) in [4.78, 5) is 4.36. The standard InChI is InChI=1S/C16H12Cl3N5/c1-9-5-6-10(17)7-13(9)21-16-23-14(8-20-24-16)22-15-11(18)3-2-4-12(15)19/h2-8H,1H3,(H2,21,22,23,24). The Balaban J connectivity index is 1.86. The van der Waals surface area contributed by atoms with Crippen LogP contribution in [0.2, 0.25) is 15.1 Å². The molecule has 1 heterocycles. The molecule has 0 radical (unpaired) electrons. The first-order chi connectivity index (χ1) is 11.5. The quantitative estimate of drug-likeness (QED) is 0.614. The van der Waals surface area contributed by atoms with Crippen LogP contribution in [0.3, 0.4) is 0 Å². The minimum Gasteiger partial charge on any atom is -0.336 e. The fourth-order valence-electron chi connectivity index (χ4n) is 2.01. The number of aromatic nitrogens is 3. The largest absolute Gasteiger partial charge is 0.336 e. The zero-order valence-corrected chi connectivity index (χ0v) is 14.8. The van der Waals surface area contributed by atoms with Crippen LogP contribution in [0.1, 0.15) is 5.56 Å². The summed E-state index contributed by atoms with van der Waals surface area (Å²) in [6.07, 6.45) is 1.48. The molecule has 1 aromatic heterocycles. The van der Waals surface area contributed by atoms with Crippen molar-refractivity contribution in [3.63, 3.8) is 0 Å². The van der Waals surface area contributed by atoms with Crippen LogP contribution in [0, 0.1) is 6.92 Å². The van der Waals surface area contributed by atoms with Gasteiger partial charge in [-0.3, -0.25) is 0 Å². The van der Waals surface area contributed by atoms with E-state index in [1.807, 2.05) is 19.1 Å². The first kappa shape index (κ1) is 16.8. The van der Waals surface area contributed by atoms with Crippen LogP contribution in [0.15, 0.2) is 42.6 Å². The molecule has 0 aliphatic rings. The zero-order valence-electron chi connectivity index (χ0n) is 12.5. The molecule has 0 saturated heterocycles. The molecule has 0 atom stereocenters. The molecule has 2 N–H and O–H groups in total. The summed E-state index contributed by atoms with van der Waals surface area (Å²) in [5.74, 6) is 0.788. The molecule has 0 fully saturated rings. The van der Waals surface area contributed by atoms with Crippen molar-refractivity contribution in [2.75, 3.05) is 10.6 Å². The molecule has 0 spiro atoms. The highest BCUT2D eigenvalue weighted by Gasteiger charge is 2.09. The predicted molar refractivity (Wildman–Crippen MR) is 99.0 cm³/mol. The molecule has 0 bridgehead atoms. The van der Waals surface area contributed by atoms with Gasteiger partial charge in [-0.1, -0.05) is 46.9 Å². The number of rotatable bonds is 4. The lowest BCUT2D eigenvalue weighted by Crippen LogP contribution is -2.03. The highest BCUT2D eigenvalue weighted by molar-refractivity contribution is 6.39. The molecule has 3 aromatic rings. The second-order valence-corrected chi connectivity index (χ2v) is 6.22.